The lowest BCUT2D eigenvalue weighted by molar-refractivity contribution is 0.0971. The third kappa shape index (κ3) is 3.21. The number of hydrogen-bond acceptors (Lipinski definition) is 3. The number of aromatic nitrogens is 2. The summed E-state index contributed by atoms with van der Waals surface area (Å²) in [7, 11) is 3.93. The Bertz CT molecular complexity index is 899. The molecule has 2 aromatic carbocycles. The molecule has 0 atom stereocenters. The van der Waals surface area contributed by atoms with Crippen LogP contribution in [-0.4, -0.2) is 34.3 Å². The summed E-state index contributed by atoms with van der Waals surface area (Å²) in [5, 5.41) is 0. The number of para-hydroxylation sites is 2. The molecule has 0 amide bonds. The quantitative estimate of drug-likeness (QED) is 0.675. The lowest BCUT2D eigenvalue weighted by atomic mass is 10.1. The van der Waals surface area contributed by atoms with Crippen molar-refractivity contribution in [3.63, 3.8) is 0 Å². The molecule has 0 aliphatic rings. The van der Waals surface area contributed by atoms with Crippen molar-refractivity contribution in [1.29, 1.82) is 0 Å². The molecule has 0 N–H and O–H groups in total. The van der Waals surface area contributed by atoms with Gasteiger partial charge in [-0.05, 0) is 56.9 Å². The maximum Gasteiger partial charge on any atom is 0.182 e. The minimum Gasteiger partial charge on any atom is -0.319 e. The first-order valence-corrected chi connectivity index (χ1v) is 7.84. The van der Waals surface area contributed by atoms with Crippen LogP contribution in [0.3, 0.4) is 0 Å². The van der Waals surface area contributed by atoms with Gasteiger partial charge in [-0.15, -0.1) is 0 Å². The lowest BCUT2D eigenvalue weighted by Crippen LogP contribution is -2.18. The molecule has 4 nitrogen and oxygen atoms in total. The number of nitrogens with zero attached hydrogens (tertiary/aromatic N) is 3. The van der Waals surface area contributed by atoms with Crippen LogP contribution < -0.4 is 0 Å². The van der Waals surface area contributed by atoms with Crippen molar-refractivity contribution in [3.05, 3.63) is 65.2 Å². The minimum atomic E-state index is -0.298. The van der Waals surface area contributed by atoms with Gasteiger partial charge in [0.25, 0.3) is 0 Å². The Balaban J connectivity index is 1.98. The van der Waals surface area contributed by atoms with Gasteiger partial charge in [-0.1, -0.05) is 12.1 Å². The van der Waals surface area contributed by atoms with Crippen LogP contribution in [0.4, 0.5) is 4.39 Å². The van der Waals surface area contributed by atoms with Gasteiger partial charge >= 0.3 is 0 Å². The topological polar surface area (TPSA) is 38.1 Å². The van der Waals surface area contributed by atoms with Gasteiger partial charge in [0.1, 0.15) is 11.6 Å². The highest BCUT2D eigenvalue weighted by molar-refractivity contribution is 5.97. The van der Waals surface area contributed by atoms with Crippen LogP contribution in [0.15, 0.2) is 42.5 Å². The second-order valence-electron chi connectivity index (χ2n) is 6.23. The summed E-state index contributed by atoms with van der Waals surface area (Å²) < 4.78 is 15.4. The zero-order valence-corrected chi connectivity index (χ0v) is 14.1. The number of carbonyl (C=O) groups is 1. The van der Waals surface area contributed by atoms with E-state index in [4.69, 9.17) is 0 Å². The lowest BCUT2D eigenvalue weighted by Gasteiger charge is -2.12. The molecule has 124 valence electrons. The number of halogens is 1. The molecule has 0 fully saturated rings. The molecule has 24 heavy (non-hydrogen) atoms. The van der Waals surface area contributed by atoms with Gasteiger partial charge in [-0.25, -0.2) is 9.37 Å². The van der Waals surface area contributed by atoms with Crippen LogP contribution >= 0.6 is 0 Å². The molecule has 0 aliphatic carbocycles. The fourth-order valence-electron chi connectivity index (χ4n) is 2.76. The van der Waals surface area contributed by atoms with Crippen LogP contribution in [0.5, 0.6) is 0 Å². The molecule has 3 aromatic rings. The number of ketones is 1. The number of Topliss-reactive ketones (excluding diaryl/α,β-unsaturated/α-hetero) is 1. The zero-order chi connectivity index (χ0) is 17.3. The maximum atomic E-state index is 13.4. The standard InChI is InChI=1S/C19H20FN3O/c1-13-10-14(8-9-15(13)20)18(24)11-23-17-7-5-4-6-16(17)21-19(23)12-22(2)3/h4-10H,11-12H2,1-3H3. The Morgan fingerprint density at radius 1 is 1.21 bits per heavy atom. The summed E-state index contributed by atoms with van der Waals surface area (Å²) in [6.07, 6.45) is 0. The molecule has 1 heterocycles. The van der Waals surface area contributed by atoms with Crippen molar-refractivity contribution in [1.82, 2.24) is 14.5 Å². The maximum absolute atomic E-state index is 13.4. The highest BCUT2D eigenvalue weighted by Crippen LogP contribution is 2.18. The molecular formula is C19H20FN3O. The van der Waals surface area contributed by atoms with E-state index in [2.05, 4.69) is 4.98 Å². The summed E-state index contributed by atoms with van der Waals surface area (Å²) in [5.41, 5.74) is 2.80. The molecule has 3 rings (SSSR count). The van der Waals surface area contributed by atoms with Crippen LogP contribution in [0.2, 0.25) is 0 Å². The number of carbonyl (C=O) groups excluding carboxylic acids is 1. The van der Waals surface area contributed by atoms with E-state index in [9.17, 15) is 9.18 Å². The molecule has 0 bridgehead atoms. The van der Waals surface area contributed by atoms with E-state index in [0.29, 0.717) is 17.7 Å². The first kappa shape index (κ1) is 16.3. The summed E-state index contributed by atoms with van der Waals surface area (Å²) >= 11 is 0. The van der Waals surface area contributed by atoms with E-state index in [1.807, 2.05) is 47.8 Å². The molecule has 1 aromatic heterocycles. The fourth-order valence-corrected chi connectivity index (χ4v) is 2.76. The summed E-state index contributed by atoms with van der Waals surface area (Å²) in [5.74, 6) is 0.488. The van der Waals surface area contributed by atoms with E-state index < -0.39 is 0 Å². The van der Waals surface area contributed by atoms with E-state index >= 15 is 0 Å². The number of hydrogen-bond donors (Lipinski definition) is 0. The monoisotopic (exact) mass is 325 g/mol. The van der Waals surface area contributed by atoms with Gasteiger partial charge < -0.3 is 9.47 Å². The normalized spacial score (nSPS) is 11.4. The number of imidazole rings is 1. The van der Waals surface area contributed by atoms with E-state index in [1.165, 1.54) is 12.1 Å². The van der Waals surface area contributed by atoms with Crippen LogP contribution in [0, 0.1) is 12.7 Å². The fraction of sp³-hybridized carbons (Fsp3) is 0.263. The number of aryl methyl sites for hydroxylation is 1. The summed E-state index contributed by atoms with van der Waals surface area (Å²) in [6, 6.07) is 12.3. The predicted molar refractivity (Wildman–Crippen MR) is 92.6 cm³/mol. The Morgan fingerprint density at radius 2 is 1.96 bits per heavy atom. The van der Waals surface area contributed by atoms with Gasteiger partial charge in [0.15, 0.2) is 5.78 Å². The highest BCUT2D eigenvalue weighted by atomic mass is 19.1. The van der Waals surface area contributed by atoms with Crippen molar-refractivity contribution >= 4 is 16.8 Å². The third-order valence-electron chi connectivity index (χ3n) is 3.97. The Hall–Kier alpha value is -2.53. The van der Waals surface area contributed by atoms with Gasteiger partial charge in [-0.2, -0.15) is 0 Å². The first-order chi connectivity index (χ1) is 11.5. The van der Waals surface area contributed by atoms with Crippen molar-refractivity contribution < 1.29 is 9.18 Å². The molecule has 5 heteroatoms. The predicted octanol–water partition coefficient (Wildman–Crippen LogP) is 3.43. The minimum absolute atomic E-state index is 0.0544. The van der Waals surface area contributed by atoms with Crippen molar-refractivity contribution in [2.45, 2.75) is 20.0 Å². The molecule has 0 spiro atoms. The molecule has 0 radical (unpaired) electrons. The van der Waals surface area contributed by atoms with E-state index in [1.54, 1.807) is 13.0 Å². The largest absolute Gasteiger partial charge is 0.319 e. The highest BCUT2D eigenvalue weighted by Gasteiger charge is 2.15. The first-order valence-electron chi connectivity index (χ1n) is 7.84. The van der Waals surface area contributed by atoms with E-state index in [0.717, 1.165) is 16.9 Å². The molecule has 0 unspecified atom stereocenters. The summed E-state index contributed by atoms with van der Waals surface area (Å²) in [4.78, 5) is 19.3. The number of fused-ring (bicyclic) bond motifs is 1. The van der Waals surface area contributed by atoms with Crippen molar-refractivity contribution in [3.8, 4) is 0 Å². The third-order valence-corrected chi connectivity index (χ3v) is 3.97. The smallest absolute Gasteiger partial charge is 0.182 e. The number of rotatable bonds is 5. The van der Waals surface area contributed by atoms with Crippen molar-refractivity contribution in [2.24, 2.45) is 0 Å². The zero-order valence-electron chi connectivity index (χ0n) is 14.1. The van der Waals surface area contributed by atoms with Gasteiger partial charge in [-0.3, -0.25) is 4.79 Å². The second kappa shape index (κ2) is 6.53. The molecule has 0 saturated carbocycles. The molecular weight excluding hydrogens is 305 g/mol. The molecule has 0 aliphatic heterocycles. The Labute approximate surface area is 140 Å². The van der Waals surface area contributed by atoms with Crippen LogP contribution in [0.25, 0.3) is 11.0 Å². The number of benzene rings is 2. The molecule has 0 saturated heterocycles. The van der Waals surface area contributed by atoms with Crippen LogP contribution in [0.1, 0.15) is 21.7 Å². The Morgan fingerprint density at radius 3 is 2.67 bits per heavy atom. The van der Waals surface area contributed by atoms with Crippen LogP contribution in [-0.2, 0) is 13.1 Å². The van der Waals surface area contributed by atoms with Gasteiger partial charge in [0.2, 0.25) is 0 Å². The van der Waals surface area contributed by atoms with Crippen molar-refractivity contribution in [2.75, 3.05) is 14.1 Å². The van der Waals surface area contributed by atoms with Gasteiger partial charge in [0.05, 0.1) is 24.1 Å². The second-order valence-corrected chi connectivity index (χ2v) is 6.23. The Kier molecular flexibility index (Phi) is 4.44. The average molecular weight is 325 g/mol. The SMILES string of the molecule is Cc1cc(C(=O)Cn2c(CN(C)C)nc3ccccc32)ccc1F. The average Bonchev–Trinajstić information content (AvgIpc) is 2.87. The van der Waals surface area contributed by atoms with Gasteiger partial charge in [0, 0.05) is 5.56 Å². The van der Waals surface area contributed by atoms with E-state index in [-0.39, 0.29) is 18.1 Å². The summed E-state index contributed by atoms with van der Waals surface area (Å²) in [6.45, 7) is 2.50.